The van der Waals surface area contributed by atoms with Gasteiger partial charge in [-0.2, -0.15) is 0 Å². The van der Waals surface area contributed by atoms with E-state index < -0.39 is 0 Å². The number of rotatable bonds is 0. The van der Waals surface area contributed by atoms with Gasteiger partial charge in [0.2, 0.25) is 0 Å². The van der Waals surface area contributed by atoms with Gasteiger partial charge in [0.25, 0.3) is 0 Å². The maximum atomic E-state index is 5.89. The normalized spacial score (nSPS) is 13.3. The number of hydrogen-bond donors (Lipinski definition) is 0. The molecule has 0 radical (unpaired) electrons. The molecule has 1 aliphatic rings. The van der Waals surface area contributed by atoms with E-state index in [1.165, 1.54) is 5.56 Å². The first-order valence-corrected chi connectivity index (χ1v) is 5.55. The van der Waals surface area contributed by atoms with E-state index in [1.54, 1.807) is 0 Å². The Kier molecular flexibility index (Phi) is 2.13. The molecule has 0 bridgehead atoms. The fourth-order valence-corrected chi connectivity index (χ4v) is 2.05. The van der Waals surface area contributed by atoms with E-state index >= 15 is 0 Å². The van der Waals surface area contributed by atoms with Gasteiger partial charge >= 0.3 is 0 Å². The van der Waals surface area contributed by atoms with E-state index in [4.69, 9.17) is 4.74 Å². The number of ether oxygens (including phenoxy) is 1. The zero-order chi connectivity index (χ0) is 11.0. The Labute approximate surface area is 94.9 Å². The maximum Gasteiger partial charge on any atom is 0.148 e. The van der Waals surface area contributed by atoms with Gasteiger partial charge in [0.1, 0.15) is 11.5 Å². The summed E-state index contributed by atoms with van der Waals surface area (Å²) in [6.45, 7) is 2.01. The minimum Gasteiger partial charge on any atom is -0.455 e. The van der Waals surface area contributed by atoms with Gasteiger partial charge in [0, 0.05) is 5.69 Å². The number of para-hydroxylation sites is 1. The fourth-order valence-electron chi connectivity index (χ4n) is 2.05. The highest BCUT2D eigenvalue weighted by molar-refractivity contribution is 5.42. The first-order valence-electron chi connectivity index (χ1n) is 5.55. The topological polar surface area (TPSA) is 22.1 Å². The average molecular weight is 211 g/mol. The first-order chi connectivity index (χ1) is 7.83. The summed E-state index contributed by atoms with van der Waals surface area (Å²) in [6.07, 6.45) is 1.95. The van der Waals surface area contributed by atoms with Crippen LogP contribution in [0.15, 0.2) is 36.4 Å². The van der Waals surface area contributed by atoms with Crippen LogP contribution in [0.2, 0.25) is 0 Å². The largest absolute Gasteiger partial charge is 0.455 e. The number of aromatic nitrogens is 1. The molecule has 16 heavy (non-hydrogen) atoms. The van der Waals surface area contributed by atoms with Gasteiger partial charge in [-0.3, -0.25) is 4.98 Å². The lowest BCUT2D eigenvalue weighted by Crippen LogP contribution is -1.94. The van der Waals surface area contributed by atoms with Crippen molar-refractivity contribution in [2.45, 2.75) is 19.8 Å². The molecule has 1 aliphatic heterocycles. The first kappa shape index (κ1) is 9.40. The summed E-state index contributed by atoms with van der Waals surface area (Å²) in [7, 11) is 0. The molecule has 0 unspecified atom stereocenters. The molecule has 2 heterocycles. The molecule has 2 aromatic rings. The summed E-state index contributed by atoms with van der Waals surface area (Å²) >= 11 is 0. The van der Waals surface area contributed by atoms with Gasteiger partial charge in [-0.05, 0) is 43.5 Å². The van der Waals surface area contributed by atoms with Crippen molar-refractivity contribution in [1.29, 1.82) is 0 Å². The third kappa shape index (κ3) is 1.56. The Balaban J connectivity index is 2.08. The van der Waals surface area contributed by atoms with Gasteiger partial charge < -0.3 is 4.74 Å². The van der Waals surface area contributed by atoms with Crippen molar-refractivity contribution < 1.29 is 4.74 Å². The highest BCUT2D eigenvalue weighted by atomic mass is 16.5. The van der Waals surface area contributed by atoms with E-state index in [9.17, 15) is 0 Å². The van der Waals surface area contributed by atoms with Gasteiger partial charge in [0.15, 0.2) is 0 Å². The van der Waals surface area contributed by atoms with E-state index in [0.29, 0.717) is 0 Å². The molecule has 0 saturated heterocycles. The minimum absolute atomic E-state index is 0.899. The Hall–Kier alpha value is -1.83. The molecule has 80 valence electrons. The van der Waals surface area contributed by atoms with E-state index in [-0.39, 0.29) is 0 Å². The lowest BCUT2D eigenvalue weighted by molar-refractivity contribution is 0.476. The average Bonchev–Trinajstić information content (AvgIpc) is 2.48. The molecule has 3 rings (SSSR count). The lowest BCUT2D eigenvalue weighted by atomic mass is 10.1. The van der Waals surface area contributed by atoms with Gasteiger partial charge in [-0.1, -0.05) is 18.2 Å². The number of fused-ring (bicyclic) bond motifs is 2. The molecule has 1 aromatic carbocycles. The lowest BCUT2D eigenvalue weighted by Gasteiger charge is -2.07. The van der Waals surface area contributed by atoms with Crippen LogP contribution < -0.4 is 4.74 Å². The van der Waals surface area contributed by atoms with Crippen LogP contribution in [0.25, 0.3) is 0 Å². The smallest absolute Gasteiger partial charge is 0.148 e. The van der Waals surface area contributed by atoms with Crippen molar-refractivity contribution in [3.8, 4) is 11.5 Å². The van der Waals surface area contributed by atoms with Crippen LogP contribution >= 0.6 is 0 Å². The second-order valence-electron chi connectivity index (χ2n) is 4.11. The number of benzene rings is 1. The van der Waals surface area contributed by atoms with E-state index in [2.05, 4.69) is 17.1 Å². The van der Waals surface area contributed by atoms with Crippen LogP contribution in [0.4, 0.5) is 0 Å². The van der Waals surface area contributed by atoms with Crippen molar-refractivity contribution in [3.63, 3.8) is 0 Å². The van der Waals surface area contributed by atoms with Crippen molar-refractivity contribution >= 4 is 0 Å². The highest BCUT2D eigenvalue weighted by Gasteiger charge is 2.14. The number of aryl methyl sites for hydroxylation is 3. The van der Waals surface area contributed by atoms with E-state index in [1.807, 2.05) is 31.2 Å². The predicted octanol–water partition coefficient (Wildman–Crippen LogP) is 3.28. The number of nitrogens with zero attached hydrogens (tertiary/aromatic N) is 1. The molecule has 2 nitrogen and oxygen atoms in total. The Morgan fingerprint density at radius 2 is 1.88 bits per heavy atom. The summed E-state index contributed by atoms with van der Waals surface area (Å²) in [6, 6.07) is 12.2. The molecule has 0 amide bonds. The van der Waals surface area contributed by atoms with Gasteiger partial charge in [0.05, 0.1) is 5.69 Å². The van der Waals surface area contributed by atoms with Crippen LogP contribution in [0.1, 0.15) is 17.0 Å². The van der Waals surface area contributed by atoms with Gasteiger partial charge in [-0.15, -0.1) is 0 Å². The third-order valence-corrected chi connectivity index (χ3v) is 2.90. The minimum atomic E-state index is 0.899. The molecule has 0 aliphatic carbocycles. The highest BCUT2D eigenvalue weighted by Crippen LogP contribution is 2.32. The Bertz CT molecular complexity index is 534. The van der Waals surface area contributed by atoms with Crippen LogP contribution in [0.5, 0.6) is 11.5 Å². The molecule has 0 N–H and O–H groups in total. The van der Waals surface area contributed by atoms with Crippen molar-refractivity contribution in [1.82, 2.24) is 4.98 Å². The summed E-state index contributed by atoms with van der Waals surface area (Å²) in [4.78, 5) is 4.53. The molecule has 0 fully saturated rings. The maximum absolute atomic E-state index is 5.89. The van der Waals surface area contributed by atoms with Crippen LogP contribution in [0, 0.1) is 6.92 Å². The van der Waals surface area contributed by atoms with Crippen molar-refractivity contribution in [3.05, 3.63) is 53.3 Å². The number of hydrogen-bond acceptors (Lipinski definition) is 2. The van der Waals surface area contributed by atoms with Crippen LogP contribution in [-0.2, 0) is 12.8 Å². The quantitative estimate of drug-likeness (QED) is 0.667. The zero-order valence-corrected chi connectivity index (χ0v) is 9.23. The monoisotopic (exact) mass is 211 g/mol. The molecular formula is C14H13NO. The Morgan fingerprint density at radius 1 is 1.00 bits per heavy atom. The Morgan fingerprint density at radius 3 is 2.81 bits per heavy atom. The SMILES string of the molecule is Cc1ccc2c(n1)CCc1ccccc1O2. The zero-order valence-electron chi connectivity index (χ0n) is 9.23. The second-order valence-corrected chi connectivity index (χ2v) is 4.11. The molecule has 0 spiro atoms. The second kappa shape index (κ2) is 3.63. The molecule has 1 aromatic heterocycles. The predicted molar refractivity (Wildman–Crippen MR) is 62.9 cm³/mol. The number of pyridine rings is 1. The molecule has 2 heteroatoms. The molecular weight excluding hydrogens is 198 g/mol. The standard InChI is InChI=1S/C14H13NO/c1-10-6-9-14-12(15-10)8-7-11-4-2-3-5-13(11)16-14/h2-6,9H,7-8H2,1H3. The molecule has 0 atom stereocenters. The fraction of sp³-hybridized carbons (Fsp3) is 0.214. The molecule has 0 saturated carbocycles. The van der Waals surface area contributed by atoms with Crippen molar-refractivity contribution in [2.75, 3.05) is 0 Å². The summed E-state index contributed by atoms with van der Waals surface area (Å²) < 4.78 is 5.89. The summed E-state index contributed by atoms with van der Waals surface area (Å²) in [5, 5.41) is 0. The van der Waals surface area contributed by atoms with Crippen LogP contribution in [-0.4, -0.2) is 4.98 Å². The van der Waals surface area contributed by atoms with Crippen LogP contribution in [0.3, 0.4) is 0 Å². The van der Waals surface area contributed by atoms with Crippen molar-refractivity contribution in [2.24, 2.45) is 0 Å². The summed E-state index contributed by atoms with van der Waals surface area (Å²) in [5.74, 6) is 1.86. The summed E-state index contributed by atoms with van der Waals surface area (Å²) in [5.41, 5.74) is 3.38. The van der Waals surface area contributed by atoms with E-state index in [0.717, 1.165) is 35.7 Å². The third-order valence-electron chi connectivity index (χ3n) is 2.90. The van der Waals surface area contributed by atoms with Gasteiger partial charge in [-0.25, -0.2) is 0 Å².